The molecule has 150 valence electrons. The Morgan fingerprint density at radius 1 is 1.17 bits per heavy atom. The minimum absolute atomic E-state index is 0.200. The fourth-order valence-corrected chi connectivity index (χ4v) is 3.74. The van der Waals surface area contributed by atoms with E-state index in [1.54, 1.807) is 7.11 Å². The van der Waals surface area contributed by atoms with Gasteiger partial charge in [-0.15, -0.1) is 10.2 Å². The molecule has 0 aliphatic carbocycles. The molecular formula is C23H25N3O3. The summed E-state index contributed by atoms with van der Waals surface area (Å²) >= 11 is 0. The van der Waals surface area contributed by atoms with Crippen LogP contribution in [-0.2, 0) is 17.6 Å². The van der Waals surface area contributed by atoms with Gasteiger partial charge >= 0.3 is 0 Å². The van der Waals surface area contributed by atoms with Crippen molar-refractivity contribution in [3.05, 3.63) is 66.1 Å². The van der Waals surface area contributed by atoms with E-state index in [1.165, 1.54) is 0 Å². The molecule has 1 aromatic heterocycles. The molecule has 6 heteroatoms. The van der Waals surface area contributed by atoms with E-state index in [0.717, 1.165) is 42.8 Å². The molecule has 1 unspecified atom stereocenters. The zero-order valence-corrected chi connectivity index (χ0v) is 16.6. The molecule has 0 spiro atoms. The van der Waals surface area contributed by atoms with Crippen LogP contribution in [0, 0.1) is 5.92 Å². The molecule has 1 fully saturated rings. The van der Waals surface area contributed by atoms with Crippen LogP contribution in [0.2, 0.25) is 0 Å². The summed E-state index contributed by atoms with van der Waals surface area (Å²) in [6, 6.07) is 17.7. The lowest BCUT2D eigenvalue weighted by Gasteiger charge is -2.16. The summed E-state index contributed by atoms with van der Waals surface area (Å²) < 4.78 is 11.1. The number of hydrogen-bond donors (Lipinski definition) is 0. The lowest BCUT2D eigenvalue weighted by atomic mass is 10.1. The highest BCUT2D eigenvalue weighted by molar-refractivity contribution is 5.76. The molecule has 2 aromatic carbocycles. The SMILES string of the molecule is COc1cccc(CCC(=O)N2CCC(Cc3nnc(-c4ccccc4)o3)C2)c1. The van der Waals surface area contributed by atoms with E-state index in [9.17, 15) is 4.79 Å². The summed E-state index contributed by atoms with van der Waals surface area (Å²) in [6.45, 7) is 1.54. The van der Waals surface area contributed by atoms with E-state index < -0.39 is 0 Å². The molecule has 4 rings (SSSR count). The number of benzene rings is 2. The summed E-state index contributed by atoms with van der Waals surface area (Å²) in [5.74, 6) is 2.57. The van der Waals surface area contributed by atoms with Gasteiger partial charge in [0.1, 0.15) is 5.75 Å². The number of carbonyl (C=O) groups excluding carboxylic acids is 1. The monoisotopic (exact) mass is 391 g/mol. The summed E-state index contributed by atoms with van der Waals surface area (Å²) in [5.41, 5.74) is 2.04. The zero-order valence-electron chi connectivity index (χ0n) is 16.6. The topological polar surface area (TPSA) is 68.5 Å². The first-order valence-electron chi connectivity index (χ1n) is 10.00. The second kappa shape index (κ2) is 8.90. The first kappa shape index (κ1) is 19.2. The number of nitrogens with zero attached hydrogens (tertiary/aromatic N) is 3. The highest BCUT2D eigenvalue weighted by Gasteiger charge is 2.27. The van der Waals surface area contributed by atoms with Crippen molar-refractivity contribution in [2.45, 2.75) is 25.7 Å². The van der Waals surface area contributed by atoms with Crippen LogP contribution in [0.4, 0.5) is 0 Å². The molecule has 1 aliphatic heterocycles. The Hall–Kier alpha value is -3.15. The maximum atomic E-state index is 12.6. The van der Waals surface area contributed by atoms with Crippen molar-refractivity contribution in [3.63, 3.8) is 0 Å². The third-order valence-corrected chi connectivity index (χ3v) is 5.35. The van der Waals surface area contributed by atoms with Gasteiger partial charge in [-0.1, -0.05) is 30.3 Å². The first-order valence-corrected chi connectivity index (χ1v) is 10.00. The number of aromatic nitrogens is 2. The maximum absolute atomic E-state index is 12.6. The average molecular weight is 391 g/mol. The van der Waals surface area contributed by atoms with Crippen LogP contribution in [0.25, 0.3) is 11.5 Å². The molecule has 6 nitrogen and oxygen atoms in total. The van der Waals surface area contributed by atoms with Crippen LogP contribution < -0.4 is 4.74 Å². The van der Waals surface area contributed by atoms with Crippen molar-refractivity contribution >= 4 is 5.91 Å². The van der Waals surface area contributed by atoms with Gasteiger partial charge in [0.25, 0.3) is 0 Å². The number of hydrogen-bond acceptors (Lipinski definition) is 5. The van der Waals surface area contributed by atoms with Gasteiger partial charge in [-0.25, -0.2) is 0 Å². The molecule has 1 atom stereocenters. The summed E-state index contributed by atoms with van der Waals surface area (Å²) in [4.78, 5) is 14.6. The fourth-order valence-electron chi connectivity index (χ4n) is 3.74. The average Bonchev–Trinajstić information content (AvgIpc) is 3.43. The van der Waals surface area contributed by atoms with Crippen LogP contribution in [0.15, 0.2) is 59.0 Å². The predicted octanol–water partition coefficient (Wildman–Crippen LogP) is 3.77. The van der Waals surface area contributed by atoms with Gasteiger partial charge < -0.3 is 14.1 Å². The van der Waals surface area contributed by atoms with Crippen molar-refractivity contribution in [1.29, 1.82) is 0 Å². The van der Waals surface area contributed by atoms with Crippen LogP contribution in [0.3, 0.4) is 0 Å². The minimum Gasteiger partial charge on any atom is -0.497 e. The predicted molar refractivity (Wildman–Crippen MR) is 109 cm³/mol. The van der Waals surface area contributed by atoms with E-state index >= 15 is 0 Å². The van der Waals surface area contributed by atoms with Crippen molar-refractivity contribution in [2.75, 3.05) is 20.2 Å². The van der Waals surface area contributed by atoms with Crippen LogP contribution in [0.5, 0.6) is 5.75 Å². The Labute approximate surface area is 170 Å². The standard InChI is InChI=1S/C23H25N3O3/c1-28-20-9-5-6-17(14-20)10-11-22(27)26-13-12-18(16-26)15-21-24-25-23(29-21)19-7-3-2-4-8-19/h2-9,14,18H,10-13,15-16H2,1H3. The normalized spacial score (nSPS) is 16.2. The van der Waals surface area contributed by atoms with Gasteiger partial charge in [-0.05, 0) is 48.6 Å². The number of rotatable bonds is 7. The Bertz CT molecular complexity index is 955. The van der Waals surface area contributed by atoms with Gasteiger partial charge in [0, 0.05) is 31.5 Å². The zero-order chi connectivity index (χ0) is 20.1. The Morgan fingerprint density at radius 3 is 2.86 bits per heavy atom. The van der Waals surface area contributed by atoms with E-state index in [2.05, 4.69) is 10.2 Å². The van der Waals surface area contributed by atoms with Crippen molar-refractivity contribution in [3.8, 4) is 17.2 Å². The highest BCUT2D eigenvalue weighted by atomic mass is 16.5. The van der Waals surface area contributed by atoms with Gasteiger partial charge in [-0.3, -0.25) is 4.79 Å². The molecule has 3 aromatic rings. The smallest absolute Gasteiger partial charge is 0.247 e. The lowest BCUT2D eigenvalue weighted by Crippen LogP contribution is -2.29. The van der Waals surface area contributed by atoms with E-state index in [-0.39, 0.29) is 5.91 Å². The summed E-state index contributed by atoms with van der Waals surface area (Å²) in [6.07, 6.45) is 2.91. The van der Waals surface area contributed by atoms with Gasteiger partial charge in [-0.2, -0.15) is 0 Å². The molecule has 29 heavy (non-hydrogen) atoms. The maximum Gasteiger partial charge on any atom is 0.247 e. The van der Waals surface area contributed by atoms with E-state index in [1.807, 2.05) is 59.5 Å². The molecule has 0 bridgehead atoms. The molecule has 1 amide bonds. The van der Waals surface area contributed by atoms with Gasteiger partial charge in [0.15, 0.2) is 0 Å². The third kappa shape index (κ3) is 4.83. The Balaban J connectivity index is 1.28. The lowest BCUT2D eigenvalue weighted by molar-refractivity contribution is -0.130. The molecule has 0 radical (unpaired) electrons. The van der Waals surface area contributed by atoms with E-state index in [4.69, 9.17) is 9.15 Å². The number of amides is 1. The van der Waals surface area contributed by atoms with Gasteiger partial charge in [0.05, 0.1) is 7.11 Å². The highest BCUT2D eigenvalue weighted by Crippen LogP contribution is 2.24. The summed E-state index contributed by atoms with van der Waals surface area (Å²) in [5, 5.41) is 8.34. The van der Waals surface area contributed by atoms with Crippen LogP contribution in [-0.4, -0.2) is 41.2 Å². The van der Waals surface area contributed by atoms with Crippen LogP contribution in [0.1, 0.15) is 24.3 Å². The summed E-state index contributed by atoms with van der Waals surface area (Å²) in [7, 11) is 1.65. The second-order valence-corrected chi connectivity index (χ2v) is 7.42. The number of aryl methyl sites for hydroxylation is 1. The second-order valence-electron chi connectivity index (χ2n) is 7.42. The van der Waals surface area contributed by atoms with Crippen molar-refractivity contribution < 1.29 is 13.9 Å². The number of methoxy groups -OCH3 is 1. The third-order valence-electron chi connectivity index (χ3n) is 5.35. The molecule has 1 aliphatic rings. The molecule has 0 N–H and O–H groups in total. The first-order chi connectivity index (χ1) is 14.2. The quantitative estimate of drug-likeness (QED) is 0.613. The number of ether oxygens (including phenoxy) is 1. The van der Waals surface area contributed by atoms with Crippen molar-refractivity contribution in [1.82, 2.24) is 15.1 Å². The Kier molecular flexibility index (Phi) is 5.89. The van der Waals surface area contributed by atoms with Gasteiger partial charge in [0.2, 0.25) is 17.7 Å². The largest absolute Gasteiger partial charge is 0.497 e. The number of likely N-dealkylation sites (tertiary alicyclic amines) is 1. The molecule has 0 saturated carbocycles. The molecule has 2 heterocycles. The molecular weight excluding hydrogens is 366 g/mol. The minimum atomic E-state index is 0.200. The molecule has 1 saturated heterocycles. The fraction of sp³-hybridized carbons (Fsp3) is 0.348. The van der Waals surface area contributed by atoms with E-state index in [0.29, 0.717) is 30.5 Å². The number of carbonyl (C=O) groups is 1. The van der Waals surface area contributed by atoms with Crippen molar-refractivity contribution in [2.24, 2.45) is 5.92 Å². The Morgan fingerprint density at radius 2 is 2.03 bits per heavy atom. The van der Waals surface area contributed by atoms with Crippen LogP contribution >= 0.6 is 0 Å².